The highest BCUT2D eigenvalue weighted by atomic mass is 16.5. The van der Waals surface area contributed by atoms with E-state index in [0.29, 0.717) is 66.6 Å². The summed E-state index contributed by atoms with van der Waals surface area (Å²) >= 11 is 0. The standard InChI is InChI=1S/C30H46N4O4/c1-2-20-14-23-16-30(15-20)17-25(30)26(23)32-27(35)24-18-31-34(28(24)38-19-21-6-4-3-5-7-21)13-12-33-10-8-22(9-11-33)29(36)37/h18,20-23,25-26H,2-17,19H2,1H3,(H,32,35)(H,36,37). The van der Waals surface area contributed by atoms with Crippen molar-refractivity contribution in [3.05, 3.63) is 11.8 Å². The first-order valence-electron chi connectivity index (χ1n) is 15.4. The van der Waals surface area contributed by atoms with Crippen LogP contribution in [0.15, 0.2) is 6.20 Å². The highest BCUT2D eigenvalue weighted by molar-refractivity contribution is 5.96. The smallest absolute Gasteiger partial charge is 0.306 e. The average Bonchev–Trinajstić information content (AvgIpc) is 3.35. The Hall–Kier alpha value is -2.09. The summed E-state index contributed by atoms with van der Waals surface area (Å²) in [6.45, 7) is 5.95. The van der Waals surface area contributed by atoms with Gasteiger partial charge in [-0.15, -0.1) is 0 Å². The first-order chi connectivity index (χ1) is 18.5. The molecule has 8 heteroatoms. The molecule has 8 nitrogen and oxygen atoms in total. The van der Waals surface area contributed by atoms with Gasteiger partial charge in [0.2, 0.25) is 5.88 Å². The normalized spacial score (nSPS) is 33.6. The second kappa shape index (κ2) is 10.8. The van der Waals surface area contributed by atoms with Gasteiger partial charge in [-0.3, -0.25) is 9.59 Å². The summed E-state index contributed by atoms with van der Waals surface area (Å²) in [6, 6.07) is 0.295. The van der Waals surface area contributed by atoms with E-state index < -0.39 is 5.97 Å². The molecule has 1 aliphatic heterocycles. The average molecular weight is 527 g/mol. The number of piperidine rings is 1. The van der Waals surface area contributed by atoms with Crippen LogP contribution in [0.25, 0.3) is 0 Å². The lowest BCUT2D eigenvalue weighted by Gasteiger charge is -2.32. The fraction of sp³-hybridized carbons (Fsp3) is 0.833. The Balaban J connectivity index is 1.12. The molecule has 0 radical (unpaired) electrons. The molecule has 2 bridgehead atoms. The number of nitrogens with one attached hydrogen (secondary N) is 1. The first-order valence-corrected chi connectivity index (χ1v) is 15.4. The van der Waals surface area contributed by atoms with Gasteiger partial charge in [0.25, 0.3) is 5.91 Å². The summed E-state index contributed by atoms with van der Waals surface area (Å²) in [5, 5.41) is 17.4. The van der Waals surface area contributed by atoms with E-state index in [1.807, 2.05) is 4.68 Å². The third-order valence-corrected chi connectivity index (χ3v) is 10.9. The molecule has 5 aliphatic rings. The van der Waals surface area contributed by atoms with Crippen molar-refractivity contribution in [3.63, 3.8) is 0 Å². The van der Waals surface area contributed by atoms with Gasteiger partial charge in [0.15, 0.2) is 0 Å². The van der Waals surface area contributed by atoms with Gasteiger partial charge >= 0.3 is 5.97 Å². The van der Waals surface area contributed by atoms with Gasteiger partial charge in [0.05, 0.1) is 25.3 Å². The number of rotatable bonds is 10. The molecule has 5 unspecified atom stereocenters. The molecule has 5 atom stereocenters. The number of hydrogen-bond acceptors (Lipinski definition) is 5. The minimum absolute atomic E-state index is 0.0233. The van der Waals surface area contributed by atoms with Crippen LogP contribution in [0.3, 0.4) is 0 Å². The number of carbonyl (C=O) groups excluding carboxylic acids is 1. The number of hydrogen-bond donors (Lipinski definition) is 2. The Bertz CT molecular complexity index is 1010. The monoisotopic (exact) mass is 526 g/mol. The lowest BCUT2D eigenvalue weighted by molar-refractivity contribution is -0.143. The van der Waals surface area contributed by atoms with Crippen molar-refractivity contribution in [1.82, 2.24) is 20.0 Å². The van der Waals surface area contributed by atoms with Crippen molar-refractivity contribution in [2.45, 2.75) is 96.6 Å². The Labute approximate surface area is 226 Å². The minimum Gasteiger partial charge on any atom is -0.481 e. The van der Waals surface area contributed by atoms with Gasteiger partial charge in [-0.05, 0) is 93.5 Å². The van der Waals surface area contributed by atoms with E-state index >= 15 is 0 Å². The number of carboxylic acid groups (broad SMARTS) is 1. The number of aromatic nitrogens is 2. The molecule has 2 heterocycles. The molecule has 38 heavy (non-hydrogen) atoms. The number of likely N-dealkylation sites (tertiary alicyclic amines) is 1. The van der Waals surface area contributed by atoms with E-state index in [4.69, 9.17) is 4.74 Å². The minimum atomic E-state index is -0.681. The van der Waals surface area contributed by atoms with E-state index in [1.165, 1.54) is 64.2 Å². The zero-order chi connectivity index (χ0) is 26.3. The van der Waals surface area contributed by atoms with Crippen LogP contribution >= 0.6 is 0 Å². The second-order valence-electron chi connectivity index (χ2n) is 13.2. The second-order valence-corrected chi connectivity index (χ2v) is 13.2. The van der Waals surface area contributed by atoms with E-state index in [-0.39, 0.29) is 11.8 Å². The van der Waals surface area contributed by atoms with Gasteiger partial charge in [-0.25, -0.2) is 4.68 Å². The van der Waals surface area contributed by atoms with Gasteiger partial charge in [0.1, 0.15) is 5.56 Å². The topological polar surface area (TPSA) is 96.7 Å². The molecular formula is C30H46N4O4. The molecule has 1 saturated heterocycles. The fourth-order valence-corrected chi connectivity index (χ4v) is 8.52. The van der Waals surface area contributed by atoms with Crippen LogP contribution in [0.4, 0.5) is 0 Å². The Kier molecular flexibility index (Phi) is 7.45. The van der Waals surface area contributed by atoms with Crippen molar-refractivity contribution in [1.29, 1.82) is 0 Å². The molecule has 1 amide bonds. The number of ether oxygens (including phenoxy) is 1. The summed E-state index contributed by atoms with van der Waals surface area (Å²) in [4.78, 5) is 27.3. The molecule has 6 rings (SSSR count). The number of amides is 1. The summed E-state index contributed by atoms with van der Waals surface area (Å²) in [7, 11) is 0. The summed E-state index contributed by atoms with van der Waals surface area (Å²) in [5.74, 6) is 2.32. The van der Waals surface area contributed by atoms with Crippen LogP contribution in [-0.2, 0) is 11.3 Å². The predicted octanol–water partition coefficient (Wildman–Crippen LogP) is 4.58. The Morgan fingerprint density at radius 2 is 1.87 bits per heavy atom. The third kappa shape index (κ3) is 5.22. The molecule has 1 spiro atoms. The molecular weight excluding hydrogens is 480 g/mol. The molecule has 0 aromatic carbocycles. The zero-order valence-electron chi connectivity index (χ0n) is 23.1. The molecule has 4 aliphatic carbocycles. The summed E-state index contributed by atoms with van der Waals surface area (Å²) in [6.07, 6.45) is 15.8. The predicted molar refractivity (Wildman–Crippen MR) is 144 cm³/mol. The van der Waals surface area contributed by atoms with E-state index in [2.05, 4.69) is 22.2 Å². The van der Waals surface area contributed by atoms with Crippen molar-refractivity contribution >= 4 is 11.9 Å². The molecule has 210 valence electrons. The van der Waals surface area contributed by atoms with Crippen LogP contribution in [0.2, 0.25) is 0 Å². The lowest BCUT2D eigenvalue weighted by Crippen LogP contribution is -2.40. The van der Waals surface area contributed by atoms with Crippen molar-refractivity contribution in [3.8, 4) is 5.88 Å². The molecule has 1 aromatic rings. The molecule has 2 N–H and O–H groups in total. The van der Waals surface area contributed by atoms with Gasteiger partial charge in [-0.1, -0.05) is 32.6 Å². The number of carboxylic acids is 1. The Morgan fingerprint density at radius 1 is 1.08 bits per heavy atom. The maximum absolute atomic E-state index is 13.7. The van der Waals surface area contributed by atoms with Gasteiger partial charge in [-0.2, -0.15) is 5.10 Å². The van der Waals surface area contributed by atoms with Gasteiger partial charge in [0, 0.05) is 12.6 Å². The molecule has 1 aromatic heterocycles. The van der Waals surface area contributed by atoms with Gasteiger partial charge < -0.3 is 20.1 Å². The zero-order valence-corrected chi connectivity index (χ0v) is 23.1. The van der Waals surface area contributed by atoms with Crippen LogP contribution in [0, 0.1) is 35.0 Å². The van der Waals surface area contributed by atoms with Crippen LogP contribution in [-0.4, -0.2) is 63.9 Å². The van der Waals surface area contributed by atoms with E-state index in [9.17, 15) is 14.7 Å². The van der Waals surface area contributed by atoms with E-state index in [0.717, 1.165) is 25.6 Å². The number of carbonyl (C=O) groups is 2. The maximum atomic E-state index is 13.7. The SMILES string of the molecule is CCC1CC2CC3(C1)CC3C2NC(=O)c1cnn(CCN2CCC(C(=O)O)CC2)c1OCC1CCCCC1. The fourth-order valence-electron chi connectivity index (χ4n) is 8.52. The van der Waals surface area contributed by atoms with E-state index in [1.54, 1.807) is 6.20 Å². The lowest BCUT2D eigenvalue weighted by atomic mass is 9.75. The third-order valence-electron chi connectivity index (χ3n) is 10.9. The van der Waals surface area contributed by atoms with Crippen molar-refractivity contribution in [2.24, 2.45) is 35.0 Å². The Morgan fingerprint density at radius 3 is 2.61 bits per heavy atom. The molecule has 5 fully saturated rings. The van der Waals surface area contributed by atoms with Crippen molar-refractivity contribution in [2.75, 3.05) is 26.2 Å². The number of fused-ring (bicyclic) bond motifs is 1. The number of nitrogens with zero attached hydrogens (tertiary/aromatic N) is 3. The maximum Gasteiger partial charge on any atom is 0.306 e. The van der Waals surface area contributed by atoms with Crippen molar-refractivity contribution < 1.29 is 19.4 Å². The quantitative estimate of drug-likeness (QED) is 0.463. The van der Waals surface area contributed by atoms with Crippen LogP contribution < -0.4 is 10.1 Å². The summed E-state index contributed by atoms with van der Waals surface area (Å²) < 4.78 is 8.30. The first kappa shape index (κ1) is 26.1. The highest BCUT2D eigenvalue weighted by Crippen LogP contribution is 2.72. The molecule has 4 saturated carbocycles. The largest absolute Gasteiger partial charge is 0.481 e. The summed E-state index contributed by atoms with van der Waals surface area (Å²) in [5.41, 5.74) is 1.09. The highest BCUT2D eigenvalue weighted by Gasteiger charge is 2.67. The van der Waals surface area contributed by atoms with Crippen LogP contribution in [0.1, 0.15) is 94.3 Å². The van der Waals surface area contributed by atoms with Crippen LogP contribution in [0.5, 0.6) is 5.88 Å². The number of aliphatic carboxylic acids is 1.